The summed E-state index contributed by atoms with van der Waals surface area (Å²) in [7, 11) is 1.55. The molecule has 0 unspecified atom stereocenters. The van der Waals surface area contributed by atoms with E-state index in [1.807, 2.05) is 25.1 Å². The van der Waals surface area contributed by atoms with Gasteiger partial charge in [0.2, 0.25) is 0 Å². The van der Waals surface area contributed by atoms with E-state index in [1.54, 1.807) is 25.3 Å². The zero-order valence-electron chi connectivity index (χ0n) is 14.4. The minimum absolute atomic E-state index is 0.292. The van der Waals surface area contributed by atoms with Crippen LogP contribution in [-0.2, 0) is 11.3 Å². The smallest absolute Gasteiger partial charge is 0.274 e. The number of aromatic nitrogens is 1. The minimum atomic E-state index is -0.292. The number of amidine groups is 1. The predicted molar refractivity (Wildman–Crippen MR) is 97.0 cm³/mol. The highest BCUT2D eigenvalue weighted by Gasteiger charge is 2.08. The molecule has 132 valence electrons. The molecule has 1 amide bonds. The second-order valence-corrected chi connectivity index (χ2v) is 5.18. The average molecular weight is 342 g/mol. The minimum Gasteiger partial charge on any atom is -0.495 e. The summed E-state index contributed by atoms with van der Waals surface area (Å²) in [6, 6.07) is 10.7. The van der Waals surface area contributed by atoms with E-state index in [0.717, 1.165) is 5.56 Å². The number of carbonyl (C=O) groups is 1. The molecular weight excluding hydrogens is 320 g/mol. The molecule has 0 aliphatic carbocycles. The maximum absolute atomic E-state index is 12.2. The zero-order valence-corrected chi connectivity index (χ0v) is 14.4. The lowest BCUT2D eigenvalue weighted by Gasteiger charge is -2.07. The molecule has 0 saturated heterocycles. The SMILES string of the molecule is CCOCC(N)=NCc1cccc(NC(=O)c2ccc(OC)cn2)c1. The van der Waals surface area contributed by atoms with Gasteiger partial charge in [-0.25, -0.2) is 4.98 Å². The molecule has 1 aromatic carbocycles. The van der Waals surface area contributed by atoms with Gasteiger partial charge in [0.1, 0.15) is 23.9 Å². The summed E-state index contributed by atoms with van der Waals surface area (Å²) in [5, 5.41) is 2.81. The summed E-state index contributed by atoms with van der Waals surface area (Å²) in [5.41, 5.74) is 7.67. The molecule has 3 N–H and O–H groups in total. The van der Waals surface area contributed by atoms with Crippen molar-refractivity contribution in [3.63, 3.8) is 0 Å². The Morgan fingerprint density at radius 3 is 2.84 bits per heavy atom. The highest BCUT2D eigenvalue weighted by atomic mass is 16.5. The van der Waals surface area contributed by atoms with Crippen molar-refractivity contribution in [3.05, 3.63) is 53.9 Å². The van der Waals surface area contributed by atoms with Crippen LogP contribution in [0.1, 0.15) is 23.0 Å². The summed E-state index contributed by atoms with van der Waals surface area (Å²) < 4.78 is 10.2. The predicted octanol–water partition coefficient (Wildman–Crippen LogP) is 2.24. The Bertz CT molecular complexity index is 729. The van der Waals surface area contributed by atoms with Crippen LogP contribution >= 0.6 is 0 Å². The van der Waals surface area contributed by atoms with Crippen LogP contribution in [0.5, 0.6) is 5.75 Å². The first-order valence-electron chi connectivity index (χ1n) is 7.89. The van der Waals surface area contributed by atoms with Gasteiger partial charge >= 0.3 is 0 Å². The molecule has 0 bridgehead atoms. The topological polar surface area (TPSA) is 98.8 Å². The molecular formula is C18H22N4O3. The lowest BCUT2D eigenvalue weighted by Crippen LogP contribution is -2.19. The van der Waals surface area contributed by atoms with Gasteiger partial charge in [-0.15, -0.1) is 0 Å². The molecule has 7 nitrogen and oxygen atoms in total. The van der Waals surface area contributed by atoms with Crippen LogP contribution in [0.4, 0.5) is 5.69 Å². The Kier molecular flexibility index (Phi) is 6.91. The summed E-state index contributed by atoms with van der Waals surface area (Å²) in [4.78, 5) is 20.6. The third kappa shape index (κ3) is 5.89. The first-order valence-corrected chi connectivity index (χ1v) is 7.89. The van der Waals surface area contributed by atoms with Gasteiger partial charge in [0.05, 0.1) is 19.9 Å². The van der Waals surface area contributed by atoms with Crippen molar-refractivity contribution < 1.29 is 14.3 Å². The van der Waals surface area contributed by atoms with Gasteiger partial charge in [0.25, 0.3) is 5.91 Å². The number of methoxy groups -OCH3 is 1. The monoisotopic (exact) mass is 342 g/mol. The second-order valence-electron chi connectivity index (χ2n) is 5.18. The Balaban J connectivity index is 1.99. The summed E-state index contributed by atoms with van der Waals surface area (Å²) in [5.74, 6) is 0.749. The maximum Gasteiger partial charge on any atom is 0.274 e. The Morgan fingerprint density at radius 1 is 1.32 bits per heavy atom. The highest BCUT2D eigenvalue weighted by Crippen LogP contribution is 2.14. The van der Waals surface area contributed by atoms with Gasteiger partial charge in [-0.3, -0.25) is 9.79 Å². The molecule has 0 spiro atoms. The van der Waals surface area contributed by atoms with Gasteiger partial charge in [0, 0.05) is 12.3 Å². The van der Waals surface area contributed by atoms with E-state index in [9.17, 15) is 4.79 Å². The van der Waals surface area contributed by atoms with E-state index < -0.39 is 0 Å². The first-order chi connectivity index (χ1) is 12.1. The quantitative estimate of drug-likeness (QED) is 0.566. The number of hydrogen-bond acceptors (Lipinski definition) is 5. The van der Waals surface area contributed by atoms with Gasteiger partial charge in [-0.05, 0) is 36.8 Å². The summed E-state index contributed by atoms with van der Waals surface area (Å²) in [6.07, 6.45) is 1.50. The number of ether oxygens (including phenoxy) is 2. The Hall–Kier alpha value is -2.93. The number of benzene rings is 1. The van der Waals surface area contributed by atoms with Crippen molar-refractivity contribution in [2.24, 2.45) is 10.7 Å². The number of rotatable bonds is 8. The number of amides is 1. The first kappa shape index (κ1) is 18.4. The second kappa shape index (κ2) is 9.39. The molecule has 0 radical (unpaired) electrons. The molecule has 7 heteroatoms. The average Bonchev–Trinajstić information content (AvgIpc) is 2.65. The number of nitrogens with one attached hydrogen (secondary N) is 1. The van der Waals surface area contributed by atoms with Crippen LogP contribution < -0.4 is 15.8 Å². The van der Waals surface area contributed by atoms with Crippen LogP contribution in [0.2, 0.25) is 0 Å². The Morgan fingerprint density at radius 2 is 2.16 bits per heavy atom. The number of hydrogen-bond donors (Lipinski definition) is 2. The lowest BCUT2D eigenvalue weighted by molar-refractivity contribution is 0.102. The van der Waals surface area contributed by atoms with Gasteiger partial charge < -0.3 is 20.5 Å². The molecule has 0 saturated carbocycles. The van der Waals surface area contributed by atoms with E-state index in [0.29, 0.717) is 42.7 Å². The fourth-order valence-electron chi connectivity index (χ4n) is 2.02. The van der Waals surface area contributed by atoms with Crippen LogP contribution in [0.3, 0.4) is 0 Å². The third-order valence-corrected chi connectivity index (χ3v) is 3.31. The number of anilines is 1. The molecule has 1 heterocycles. The van der Waals surface area contributed by atoms with Crippen molar-refractivity contribution in [1.29, 1.82) is 0 Å². The van der Waals surface area contributed by atoms with Crippen LogP contribution in [0, 0.1) is 0 Å². The fraction of sp³-hybridized carbons (Fsp3) is 0.278. The van der Waals surface area contributed by atoms with Crippen molar-refractivity contribution in [3.8, 4) is 5.75 Å². The third-order valence-electron chi connectivity index (χ3n) is 3.31. The summed E-state index contributed by atoms with van der Waals surface area (Å²) in [6.45, 7) is 3.23. The van der Waals surface area contributed by atoms with E-state index >= 15 is 0 Å². The fourth-order valence-corrected chi connectivity index (χ4v) is 2.02. The number of nitrogens with two attached hydrogens (primary N) is 1. The molecule has 2 rings (SSSR count). The van der Waals surface area contributed by atoms with E-state index in [1.165, 1.54) is 6.20 Å². The molecule has 25 heavy (non-hydrogen) atoms. The molecule has 0 atom stereocenters. The van der Waals surface area contributed by atoms with E-state index in [2.05, 4.69) is 15.3 Å². The number of pyridine rings is 1. The van der Waals surface area contributed by atoms with E-state index in [-0.39, 0.29) is 5.91 Å². The van der Waals surface area contributed by atoms with Crippen LogP contribution in [0.15, 0.2) is 47.6 Å². The van der Waals surface area contributed by atoms with Crippen LogP contribution in [-0.4, -0.2) is 37.1 Å². The number of aliphatic imine (C=N–C) groups is 1. The lowest BCUT2D eigenvalue weighted by atomic mass is 10.2. The van der Waals surface area contributed by atoms with Gasteiger partial charge in [-0.2, -0.15) is 0 Å². The van der Waals surface area contributed by atoms with Crippen molar-refractivity contribution in [2.45, 2.75) is 13.5 Å². The van der Waals surface area contributed by atoms with Crippen LogP contribution in [0.25, 0.3) is 0 Å². The molecule has 2 aromatic rings. The van der Waals surface area contributed by atoms with Gasteiger partial charge in [-0.1, -0.05) is 12.1 Å². The van der Waals surface area contributed by atoms with E-state index in [4.69, 9.17) is 15.2 Å². The maximum atomic E-state index is 12.2. The van der Waals surface area contributed by atoms with Crippen molar-refractivity contribution >= 4 is 17.4 Å². The molecule has 0 fully saturated rings. The highest BCUT2D eigenvalue weighted by molar-refractivity contribution is 6.02. The standard InChI is InChI=1S/C18H22N4O3/c1-3-25-12-17(19)21-10-13-5-4-6-14(9-13)22-18(23)16-8-7-15(24-2)11-20-16/h4-9,11H,3,10,12H2,1-2H3,(H2,19,21)(H,22,23). The van der Waals surface area contributed by atoms with Crippen molar-refractivity contribution in [1.82, 2.24) is 4.98 Å². The molecule has 1 aromatic heterocycles. The van der Waals surface area contributed by atoms with Gasteiger partial charge in [0.15, 0.2) is 0 Å². The van der Waals surface area contributed by atoms with Crippen molar-refractivity contribution in [2.75, 3.05) is 25.6 Å². The number of carbonyl (C=O) groups excluding carboxylic acids is 1. The number of nitrogens with zero attached hydrogens (tertiary/aromatic N) is 2. The molecule has 0 aliphatic rings. The molecule has 0 aliphatic heterocycles. The zero-order chi connectivity index (χ0) is 18.1. The normalized spacial score (nSPS) is 11.2. The Labute approximate surface area is 146 Å². The summed E-state index contributed by atoms with van der Waals surface area (Å²) >= 11 is 0. The largest absolute Gasteiger partial charge is 0.495 e.